The van der Waals surface area contributed by atoms with E-state index in [1.165, 1.54) is 0 Å². The lowest BCUT2D eigenvalue weighted by atomic mass is 9.67. The highest BCUT2D eigenvalue weighted by Crippen LogP contribution is 2.49. The first-order valence-electron chi connectivity index (χ1n) is 18.5. The average Bonchev–Trinajstić information content (AvgIpc) is 3.86. The maximum absolute atomic E-state index is 11.8. The number of aliphatic hydroxyl groups is 1. The number of pyridine rings is 1. The van der Waals surface area contributed by atoms with E-state index in [0.717, 1.165) is 46.4 Å². The van der Waals surface area contributed by atoms with Gasteiger partial charge in [-0.15, -0.1) is 0 Å². The number of nitrogens with one attached hydrogen (secondary N) is 1. The molecule has 12 nitrogen and oxygen atoms in total. The van der Waals surface area contributed by atoms with Gasteiger partial charge in [0.15, 0.2) is 11.4 Å². The van der Waals surface area contributed by atoms with Gasteiger partial charge in [-0.05, 0) is 80.3 Å². The Labute approximate surface area is 313 Å². The lowest BCUT2D eigenvalue weighted by Gasteiger charge is -2.36. The van der Waals surface area contributed by atoms with Gasteiger partial charge in [-0.3, -0.25) is 19.6 Å². The zero-order valence-electron chi connectivity index (χ0n) is 31.0. The molecule has 0 saturated carbocycles. The van der Waals surface area contributed by atoms with Gasteiger partial charge in [-0.1, -0.05) is 44.2 Å². The fraction of sp³-hybridized carbons (Fsp3) is 0.381. The molecule has 8 rings (SSSR count). The van der Waals surface area contributed by atoms with E-state index in [4.69, 9.17) is 19.4 Å². The minimum absolute atomic E-state index is 0.0207. The number of fused-ring (bicyclic) bond motifs is 2. The molecule has 0 radical (unpaired) electrons. The van der Waals surface area contributed by atoms with E-state index in [2.05, 4.69) is 64.3 Å². The summed E-state index contributed by atoms with van der Waals surface area (Å²) in [7, 11) is 0. The van der Waals surface area contributed by atoms with E-state index in [1.807, 2.05) is 49.5 Å². The predicted octanol–water partition coefficient (Wildman–Crippen LogP) is 6.72. The number of carboxylic acid groups (broad SMARTS) is 1. The second-order valence-corrected chi connectivity index (χ2v) is 15.9. The smallest absolute Gasteiger partial charge is 0.310 e. The van der Waals surface area contributed by atoms with Gasteiger partial charge in [0.1, 0.15) is 22.9 Å². The fourth-order valence-electron chi connectivity index (χ4n) is 8.28. The molecule has 0 amide bonds. The van der Waals surface area contributed by atoms with Gasteiger partial charge in [0.05, 0.1) is 22.6 Å². The molecule has 2 aromatic carbocycles. The predicted molar refractivity (Wildman–Crippen MR) is 206 cm³/mol. The van der Waals surface area contributed by atoms with Crippen molar-refractivity contribution in [2.24, 2.45) is 10.8 Å². The van der Waals surface area contributed by atoms with Gasteiger partial charge >= 0.3 is 5.97 Å². The third-order valence-corrected chi connectivity index (χ3v) is 11.3. The van der Waals surface area contributed by atoms with Crippen molar-refractivity contribution in [2.75, 3.05) is 31.5 Å². The van der Waals surface area contributed by atoms with Crippen molar-refractivity contribution in [3.05, 3.63) is 101 Å². The van der Waals surface area contributed by atoms with Gasteiger partial charge in [-0.25, -0.2) is 15.0 Å². The van der Waals surface area contributed by atoms with Crippen LogP contribution in [0.15, 0.2) is 71.3 Å². The molecule has 2 fully saturated rings. The Morgan fingerprint density at radius 1 is 1.06 bits per heavy atom. The summed E-state index contributed by atoms with van der Waals surface area (Å²) in [6.07, 6.45) is 9.24. The molecule has 3 unspecified atom stereocenters. The molecular weight excluding hydrogens is 681 g/mol. The number of hydrogen-bond acceptors (Lipinski definition) is 11. The second kappa shape index (κ2) is 13.7. The summed E-state index contributed by atoms with van der Waals surface area (Å²) < 4.78 is 6.37. The zero-order chi connectivity index (χ0) is 37.8. The molecule has 54 heavy (non-hydrogen) atoms. The van der Waals surface area contributed by atoms with Crippen LogP contribution in [0.5, 0.6) is 0 Å². The quantitative estimate of drug-likeness (QED) is 0.147. The zero-order valence-corrected chi connectivity index (χ0v) is 31.0. The number of allylic oxidation sites excluding steroid dienone is 4. The van der Waals surface area contributed by atoms with Crippen LogP contribution in [0.3, 0.4) is 0 Å². The number of aryl methyl sites for hydroxylation is 1. The third kappa shape index (κ3) is 6.75. The summed E-state index contributed by atoms with van der Waals surface area (Å²) >= 11 is 0. The molecule has 3 atom stereocenters. The number of β-amino-alcohol motifs (C(OH)–C–C–N with tert-alkyl or cyclic N) is 1. The molecule has 2 aliphatic heterocycles. The highest BCUT2D eigenvalue weighted by molar-refractivity contribution is 5.88. The van der Waals surface area contributed by atoms with Crippen molar-refractivity contribution < 1.29 is 19.4 Å². The number of carbonyl (C=O) groups is 1. The Hall–Kier alpha value is -5.48. The lowest BCUT2D eigenvalue weighted by molar-refractivity contribution is -0.147. The average molecular weight is 725 g/mol. The molecule has 276 valence electrons. The number of aliphatic carboxylic acids is 1. The van der Waals surface area contributed by atoms with E-state index in [9.17, 15) is 20.3 Å². The van der Waals surface area contributed by atoms with E-state index < -0.39 is 16.8 Å². The minimum atomic E-state index is -0.782. The summed E-state index contributed by atoms with van der Waals surface area (Å²) in [6, 6.07) is 16.4. The van der Waals surface area contributed by atoms with Crippen LogP contribution in [0.1, 0.15) is 73.5 Å². The molecule has 1 aliphatic carbocycles. The molecule has 3 N–H and O–H groups in total. The van der Waals surface area contributed by atoms with Crippen LogP contribution in [-0.2, 0) is 17.9 Å². The number of rotatable bonds is 9. The SMILES string of the molecule is Cc1nc(Nc2cccc(C3C=CC=C(c4nc5cc(CN6CCC(C)(C(=O)O)C6)cc(C#N)c5o4)C3(C)C)c2)c2ncc(CN3CCC(O)C3)cc2n1. The first-order chi connectivity index (χ1) is 25.9. The Morgan fingerprint density at radius 3 is 2.63 bits per heavy atom. The molecule has 5 aromatic rings. The number of hydrogen-bond donors (Lipinski definition) is 3. The molecule has 3 aliphatic rings. The number of likely N-dealkylation sites (tertiary alicyclic amines) is 2. The summed E-state index contributed by atoms with van der Waals surface area (Å²) in [5.74, 6) is 0.950. The highest BCUT2D eigenvalue weighted by Gasteiger charge is 2.41. The summed E-state index contributed by atoms with van der Waals surface area (Å²) in [5.41, 5.74) is 6.57. The molecule has 0 spiro atoms. The van der Waals surface area contributed by atoms with Crippen LogP contribution in [-0.4, -0.2) is 78.2 Å². The van der Waals surface area contributed by atoms with Crippen LogP contribution in [0.4, 0.5) is 11.5 Å². The number of aromatic nitrogens is 4. The van der Waals surface area contributed by atoms with Crippen molar-refractivity contribution >= 4 is 45.2 Å². The minimum Gasteiger partial charge on any atom is -0.481 e. The first-order valence-corrected chi connectivity index (χ1v) is 18.5. The summed E-state index contributed by atoms with van der Waals surface area (Å²) in [5, 5.41) is 33.2. The van der Waals surface area contributed by atoms with Crippen LogP contribution >= 0.6 is 0 Å². The second-order valence-electron chi connectivity index (χ2n) is 15.9. The molecule has 2 saturated heterocycles. The van der Waals surface area contributed by atoms with Crippen molar-refractivity contribution in [2.45, 2.75) is 65.6 Å². The van der Waals surface area contributed by atoms with Crippen LogP contribution < -0.4 is 5.32 Å². The standard InChI is InChI=1S/C42H44N8O4/c1-25-45-34-17-27(22-49-13-11-31(51)23-49)20-44-36(34)38(46-25)47-30-8-5-7-28(18-30)32-9-6-10-33(41(32,2)3)39-48-35-16-26(15-29(19-43)37(35)54-39)21-50-14-12-42(4,24-50)40(52)53/h5-10,15-18,20,31-32,51H,11-14,21-24H2,1-4H3,(H,52,53)(H,45,46,47). The third-order valence-electron chi connectivity index (χ3n) is 11.3. The molecular formula is C42H44N8O4. The maximum Gasteiger partial charge on any atom is 0.310 e. The molecule has 5 heterocycles. The van der Waals surface area contributed by atoms with Crippen molar-refractivity contribution in [1.82, 2.24) is 29.7 Å². The topological polar surface area (TPSA) is 165 Å². The number of anilines is 2. The highest BCUT2D eigenvalue weighted by atomic mass is 16.4. The number of aliphatic hydroxyl groups excluding tert-OH is 1. The van der Waals surface area contributed by atoms with Crippen molar-refractivity contribution in [1.29, 1.82) is 5.26 Å². The number of nitriles is 1. The van der Waals surface area contributed by atoms with Crippen LogP contribution in [0, 0.1) is 29.1 Å². The van der Waals surface area contributed by atoms with Crippen molar-refractivity contribution in [3.63, 3.8) is 0 Å². The summed E-state index contributed by atoms with van der Waals surface area (Å²) in [4.78, 5) is 35.3. The maximum atomic E-state index is 11.8. The van der Waals surface area contributed by atoms with Gasteiger partial charge in [0, 0.05) is 61.5 Å². The monoisotopic (exact) mass is 724 g/mol. The normalized spacial score (nSPS) is 22.9. The van der Waals surface area contributed by atoms with Gasteiger partial charge in [-0.2, -0.15) is 5.26 Å². The Bertz CT molecular complexity index is 2390. The number of carboxylic acids is 1. The Kier molecular flexibility index (Phi) is 9.04. The number of oxazole rings is 1. The number of benzene rings is 2. The lowest BCUT2D eigenvalue weighted by Crippen LogP contribution is -2.31. The van der Waals surface area contributed by atoms with Crippen LogP contribution in [0.25, 0.3) is 27.7 Å². The van der Waals surface area contributed by atoms with Crippen molar-refractivity contribution in [3.8, 4) is 6.07 Å². The van der Waals surface area contributed by atoms with Gasteiger partial charge in [0.25, 0.3) is 0 Å². The van der Waals surface area contributed by atoms with Gasteiger partial charge in [0.2, 0.25) is 5.89 Å². The molecule has 0 bridgehead atoms. The van der Waals surface area contributed by atoms with E-state index in [-0.39, 0.29) is 12.0 Å². The van der Waals surface area contributed by atoms with E-state index in [0.29, 0.717) is 78.9 Å². The number of nitrogens with zero attached hydrogens (tertiary/aromatic N) is 7. The fourth-order valence-corrected chi connectivity index (χ4v) is 8.28. The first kappa shape index (κ1) is 35.5. The Morgan fingerprint density at radius 2 is 1.87 bits per heavy atom. The summed E-state index contributed by atoms with van der Waals surface area (Å²) in [6.45, 7) is 11.9. The molecule has 12 heteroatoms. The Balaban J connectivity index is 1.03. The van der Waals surface area contributed by atoms with Crippen LogP contribution in [0.2, 0.25) is 0 Å². The molecule has 3 aromatic heterocycles. The van der Waals surface area contributed by atoms with E-state index in [1.54, 1.807) is 6.92 Å². The largest absolute Gasteiger partial charge is 0.481 e. The van der Waals surface area contributed by atoms with Gasteiger partial charge < -0.3 is 19.9 Å². The van der Waals surface area contributed by atoms with E-state index >= 15 is 0 Å².